The molecule has 2 aromatic rings. The Kier molecular flexibility index (Phi) is 3.51. The van der Waals surface area contributed by atoms with Gasteiger partial charge in [-0.2, -0.15) is 0 Å². The summed E-state index contributed by atoms with van der Waals surface area (Å²) >= 11 is 0. The van der Waals surface area contributed by atoms with Crippen LogP contribution in [0, 0.1) is 0 Å². The van der Waals surface area contributed by atoms with E-state index in [4.69, 9.17) is 10.5 Å². The molecule has 1 aromatic carbocycles. The molecule has 0 aliphatic heterocycles. The van der Waals surface area contributed by atoms with Crippen molar-refractivity contribution in [2.24, 2.45) is 0 Å². The Morgan fingerprint density at radius 3 is 2.74 bits per heavy atom. The van der Waals surface area contributed by atoms with Crippen LogP contribution < -0.4 is 21.3 Å². The third kappa shape index (κ3) is 2.92. The lowest BCUT2D eigenvalue weighted by atomic mass is 10.2. The summed E-state index contributed by atoms with van der Waals surface area (Å²) in [6.07, 6.45) is 1.35. The minimum Gasteiger partial charge on any atom is -0.495 e. The van der Waals surface area contributed by atoms with Gasteiger partial charge in [0, 0.05) is 24.0 Å². The van der Waals surface area contributed by atoms with Crippen LogP contribution in [0.25, 0.3) is 0 Å². The van der Waals surface area contributed by atoms with Gasteiger partial charge in [0.2, 0.25) is 5.56 Å². The second-order valence-corrected chi connectivity index (χ2v) is 3.85. The third-order valence-corrected chi connectivity index (χ3v) is 2.54. The molecular formula is C13H13N3O3. The topological polar surface area (TPSA) is 97.2 Å². The number of carbonyl (C=O) groups is 1. The first-order valence-electron chi connectivity index (χ1n) is 5.54. The number of pyridine rings is 1. The van der Waals surface area contributed by atoms with Crippen molar-refractivity contribution in [3.63, 3.8) is 0 Å². The van der Waals surface area contributed by atoms with Crippen LogP contribution in [0.5, 0.6) is 5.75 Å². The normalized spacial score (nSPS) is 9.95. The summed E-state index contributed by atoms with van der Waals surface area (Å²) in [4.78, 5) is 25.2. The maximum absolute atomic E-state index is 11.9. The first kappa shape index (κ1) is 12.7. The molecule has 0 atom stereocenters. The molecule has 0 aliphatic rings. The summed E-state index contributed by atoms with van der Waals surface area (Å²) in [7, 11) is 1.50. The fourth-order valence-electron chi connectivity index (χ4n) is 1.54. The van der Waals surface area contributed by atoms with Gasteiger partial charge in [-0.05, 0) is 18.2 Å². The second kappa shape index (κ2) is 5.26. The monoisotopic (exact) mass is 259 g/mol. The van der Waals surface area contributed by atoms with E-state index in [2.05, 4.69) is 10.3 Å². The number of rotatable bonds is 3. The van der Waals surface area contributed by atoms with Crippen LogP contribution in [0.1, 0.15) is 10.4 Å². The maximum Gasteiger partial charge on any atom is 0.257 e. The fraction of sp³-hybridized carbons (Fsp3) is 0.0769. The number of nitrogens with one attached hydrogen (secondary N) is 2. The lowest BCUT2D eigenvalue weighted by molar-refractivity contribution is 0.102. The van der Waals surface area contributed by atoms with Gasteiger partial charge in [-0.3, -0.25) is 9.59 Å². The van der Waals surface area contributed by atoms with Gasteiger partial charge in [0.25, 0.3) is 5.91 Å². The van der Waals surface area contributed by atoms with Crippen LogP contribution in [-0.2, 0) is 0 Å². The quantitative estimate of drug-likeness (QED) is 0.722. The van der Waals surface area contributed by atoms with Gasteiger partial charge in [0.15, 0.2) is 0 Å². The molecule has 4 N–H and O–H groups in total. The number of carbonyl (C=O) groups excluding carboxylic acids is 1. The average molecular weight is 259 g/mol. The van der Waals surface area contributed by atoms with Crippen molar-refractivity contribution >= 4 is 17.3 Å². The standard InChI is InChI=1S/C13H13N3O3/c1-19-11-6-9(3-4-10(11)14)16-13(18)8-2-5-12(17)15-7-8/h2-7H,14H2,1H3,(H,15,17)(H,16,18). The summed E-state index contributed by atoms with van der Waals surface area (Å²) in [6.45, 7) is 0. The number of anilines is 2. The average Bonchev–Trinajstić information content (AvgIpc) is 2.41. The van der Waals surface area contributed by atoms with Gasteiger partial charge >= 0.3 is 0 Å². The van der Waals surface area contributed by atoms with E-state index in [0.717, 1.165) is 0 Å². The van der Waals surface area contributed by atoms with Crippen LogP contribution in [0.3, 0.4) is 0 Å². The number of hydrogen-bond acceptors (Lipinski definition) is 4. The molecule has 0 fully saturated rings. The number of aromatic amines is 1. The molecule has 19 heavy (non-hydrogen) atoms. The number of nitrogen functional groups attached to an aromatic ring is 1. The van der Waals surface area contributed by atoms with Crippen LogP contribution in [0.4, 0.5) is 11.4 Å². The molecule has 0 spiro atoms. The lowest BCUT2D eigenvalue weighted by Gasteiger charge is -2.08. The van der Waals surface area contributed by atoms with Gasteiger partial charge < -0.3 is 20.8 Å². The number of H-pyrrole nitrogens is 1. The predicted molar refractivity (Wildman–Crippen MR) is 72.4 cm³/mol. The van der Waals surface area contributed by atoms with E-state index in [1.807, 2.05) is 0 Å². The molecule has 1 aromatic heterocycles. The zero-order valence-electron chi connectivity index (χ0n) is 10.3. The van der Waals surface area contributed by atoms with Crippen molar-refractivity contribution in [1.29, 1.82) is 0 Å². The van der Waals surface area contributed by atoms with Gasteiger partial charge in [0.1, 0.15) is 5.75 Å². The molecular weight excluding hydrogens is 246 g/mol. The SMILES string of the molecule is COc1cc(NC(=O)c2ccc(=O)[nH]c2)ccc1N. The molecule has 0 radical (unpaired) electrons. The maximum atomic E-state index is 11.9. The summed E-state index contributed by atoms with van der Waals surface area (Å²) in [5, 5.41) is 2.68. The van der Waals surface area contributed by atoms with Crippen LogP contribution in [0.2, 0.25) is 0 Å². The Labute approximate surface area is 109 Å². The Bertz CT molecular complexity index is 644. The van der Waals surface area contributed by atoms with Crippen molar-refractivity contribution in [3.05, 3.63) is 52.4 Å². The minimum absolute atomic E-state index is 0.259. The van der Waals surface area contributed by atoms with Crippen molar-refractivity contribution < 1.29 is 9.53 Å². The lowest BCUT2D eigenvalue weighted by Crippen LogP contribution is -2.14. The largest absolute Gasteiger partial charge is 0.495 e. The highest BCUT2D eigenvalue weighted by atomic mass is 16.5. The Morgan fingerprint density at radius 2 is 2.11 bits per heavy atom. The number of benzene rings is 1. The van der Waals surface area contributed by atoms with E-state index in [1.54, 1.807) is 18.2 Å². The Balaban J connectivity index is 2.19. The zero-order chi connectivity index (χ0) is 13.8. The smallest absolute Gasteiger partial charge is 0.257 e. The summed E-state index contributed by atoms with van der Waals surface area (Å²) < 4.78 is 5.06. The number of ether oxygens (including phenoxy) is 1. The predicted octanol–water partition coefficient (Wildman–Crippen LogP) is 1.22. The van der Waals surface area contributed by atoms with Gasteiger partial charge in [-0.1, -0.05) is 0 Å². The highest BCUT2D eigenvalue weighted by Crippen LogP contribution is 2.25. The number of methoxy groups -OCH3 is 1. The molecule has 2 rings (SSSR count). The van der Waals surface area contributed by atoms with Crippen LogP contribution in [0.15, 0.2) is 41.3 Å². The second-order valence-electron chi connectivity index (χ2n) is 3.85. The van der Waals surface area contributed by atoms with Gasteiger partial charge in [0.05, 0.1) is 18.4 Å². The Morgan fingerprint density at radius 1 is 1.32 bits per heavy atom. The first-order chi connectivity index (χ1) is 9.10. The molecule has 1 heterocycles. The van der Waals surface area contributed by atoms with E-state index in [-0.39, 0.29) is 11.5 Å². The third-order valence-electron chi connectivity index (χ3n) is 2.54. The van der Waals surface area contributed by atoms with E-state index in [9.17, 15) is 9.59 Å². The number of hydrogen-bond donors (Lipinski definition) is 3. The number of amides is 1. The van der Waals surface area contributed by atoms with E-state index >= 15 is 0 Å². The van der Waals surface area contributed by atoms with E-state index in [0.29, 0.717) is 22.7 Å². The van der Waals surface area contributed by atoms with E-state index < -0.39 is 0 Å². The Hall–Kier alpha value is -2.76. The molecule has 0 bridgehead atoms. The minimum atomic E-state index is -0.330. The number of aromatic nitrogens is 1. The van der Waals surface area contributed by atoms with Crippen LogP contribution in [-0.4, -0.2) is 18.0 Å². The summed E-state index contributed by atoms with van der Waals surface area (Å²) in [6, 6.07) is 7.67. The highest BCUT2D eigenvalue weighted by molar-refractivity contribution is 6.04. The molecule has 0 aliphatic carbocycles. The van der Waals surface area contributed by atoms with Gasteiger partial charge in [-0.15, -0.1) is 0 Å². The van der Waals surface area contributed by atoms with Gasteiger partial charge in [-0.25, -0.2) is 0 Å². The highest BCUT2D eigenvalue weighted by Gasteiger charge is 2.07. The first-order valence-corrected chi connectivity index (χ1v) is 5.54. The van der Waals surface area contributed by atoms with Crippen molar-refractivity contribution in [2.75, 3.05) is 18.2 Å². The molecule has 1 amide bonds. The molecule has 0 unspecified atom stereocenters. The van der Waals surface area contributed by atoms with Crippen molar-refractivity contribution in [1.82, 2.24) is 4.98 Å². The van der Waals surface area contributed by atoms with Crippen molar-refractivity contribution in [3.8, 4) is 5.75 Å². The molecule has 0 saturated heterocycles. The summed E-state index contributed by atoms with van der Waals surface area (Å²) in [5.74, 6) is 0.155. The van der Waals surface area contributed by atoms with Crippen molar-refractivity contribution in [2.45, 2.75) is 0 Å². The fourth-order valence-corrected chi connectivity index (χ4v) is 1.54. The van der Waals surface area contributed by atoms with E-state index in [1.165, 1.54) is 25.4 Å². The molecule has 98 valence electrons. The molecule has 0 saturated carbocycles. The summed E-state index contributed by atoms with van der Waals surface area (Å²) in [5.41, 5.74) is 6.83. The van der Waals surface area contributed by atoms with Crippen LogP contribution >= 0.6 is 0 Å². The zero-order valence-corrected chi connectivity index (χ0v) is 10.3. The number of nitrogens with two attached hydrogens (primary N) is 1. The molecule has 6 nitrogen and oxygen atoms in total. The molecule has 6 heteroatoms.